The van der Waals surface area contributed by atoms with Gasteiger partial charge in [-0.15, -0.1) is 0 Å². The number of morpholine rings is 1. The molecule has 150 valence electrons. The number of hydrogen-bond donors (Lipinski definition) is 2. The highest BCUT2D eigenvalue weighted by molar-refractivity contribution is 6.31. The van der Waals surface area contributed by atoms with Crippen molar-refractivity contribution in [3.8, 4) is 0 Å². The number of halogens is 1. The van der Waals surface area contributed by atoms with Gasteiger partial charge in [0.2, 0.25) is 0 Å². The molecule has 7 heteroatoms. The summed E-state index contributed by atoms with van der Waals surface area (Å²) in [6, 6.07) is 14.4. The normalized spacial score (nSPS) is 15.3. The molecule has 0 radical (unpaired) electrons. The minimum absolute atomic E-state index is 0.00766. The van der Waals surface area contributed by atoms with Gasteiger partial charge in [0.05, 0.1) is 19.3 Å². The highest BCUT2D eigenvalue weighted by Gasteiger charge is 2.19. The summed E-state index contributed by atoms with van der Waals surface area (Å²) in [5, 5.41) is 4.50. The van der Waals surface area contributed by atoms with E-state index in [1.165, 1.54) is 0 Å². The Bertz CT molecular complexity index is 1040. The first kappa shape index (κ1) is 19.5. The second-order valence-corrected chi connectivity index (χ2v) is 7.57. The molecule has 1 fully saturated rings. The Kier molecular flexibility index (Phi) is 5.56. The second kappa shape index (κ2) is 8.27. The van der Waals surface area contributed by atoms with Crippen molar-refractivity contribution in [2.75, 3.05) is 26.3 Å². The van der Waals surface area contributed by atoms with Gasteiger partial charge in [-0.3, -0.25) is 9.59 Å². The van der Waals surface area contributed by atoms with Gasteiger partial charge in [0, 0.05) is 34.6 Å². The fourth-order valence-electron chi connectivity index (χ4n) is 3.45. The molecule has 0 saturated carbocycles. The number of aromatic nitrogens is 1. The molecular formula is C22H22ClN3O3. The third-order valence-corrected chi connectivity index (χ3v) is 5.37. The highest BCUT2D eigenvalue weighted by Crippen LogP contribution is 2.21. The summed E-state index contributed by atoms with van der Waals surface area (Å²) < 4.78 is 5.29. The standard InChI is InChI=1S/C22H22ClN3O3/c1-14(24-21(27)20-13-17-12-18(23)6-7-19(17)25-20)15-2-4-16(5-3-15)22(28)26-8-10-29-11-9-26/h2-7,12-14,25H,8-11H2,1H3,(H,24,27). The molecule has 2 amide bonds. The van der Waals surface area contributed by atoms with Crippen LogP contribution in [0.15, 0.2) is 48.5 Å². The minimum Gasteiger partial charge on any atom is -0.378 e. The average molecular weight is 412 g/mol. The molecule has 6 nitrogen and oxygen atoms in total. The predicted octanol–water partition coefficient (Wildman–Crippen LogP) is 3.78. The maximum Gasteiger partial charge on any atom is 0.268 e. The Labute approximate surface area is 173 Å². The number of rotatable bonds is 4. The molecule has 1 atom stereocenters. The fourth-order valence-corrected chi connectivity index (χ4v) is 3.63. The molecule has 0 aliphatic carbocycles. The number of H-pyrrole nitrogens is 1. The van der Waals surface area contributed by atoms with Crippen molar-refractivity contribution in [3.05, 3.63) is 70.4 Å². The van der Waals surface area contributed by atoms with Crippen LogP contribution in [-0.4, -0.2) is 48.0 Å². The number of amides is 2. The number of nitrogens with zero attached hydrogens (tertiary/aromatic N) is 1. The van der Waals surface area contributed by atoms with Crippen LogP contribution in [0, 0.1) is 0 Å². The molecule has 3 aromatic rings. The lowest BCUT2D eigenvalue weighted by molar-refractivity contribution is 0.0303. The lowest BCUT2D eigenvalue weighted by Crippen LogP contribution is -2.40. The van der Waals surface area contributed by atoms with Crippen molar-refractivity contribution >= 4 is 34.3 Å². The van der Waals surface area contributed by atoms with E-state index in [1.54, 1.807) is 29.2 Å². The molecule has 1 unspecified atom stereocenters. The van der Waals surface area contributed by atoms with E-state index in [9.17, 15) is 9.59 Å². The van der Waals surface area contributed by atoms with Crippen molar-refractivity contribution in [1.29, 1.82) is 0 Å². The van der Waals surface area contributed by atoms with E-state index in [-0.39, 0.29) is 17.9 Å². The highest BCUT2D eigenvalue weighted by atomic mass is 35.5. The van der Waals surface area contributed by atoms with E-state index >= 15 is 0 Å². The van der Waals surface area contributed by atoms with Crippen LogP contribution in [0.3, 0.4) is 0 Å². The molecule has 2 aromatic carbocycles. The van der Waals surface area contributed by atoms with Crippen molar-refractivity contribution in [1.82, 2.24) is 15.2 Å². The number of nitrogens with one attached hydrogen (secondary N) is 2. The number of benzene rings is 2. The van der Waals surface area contributed by atoms with Gasteiger partial charge in [0.25, 0.3) is 11.8 Å². The molecule has 29 heavy (non-hydrogen) atoms. The smallest absolute Gasteiger partial charge is 0.268 e. The first-order valence-corrected chi connectivity index (χ1v) is 9.95. The summed E-state index contributed by atoms with van der Waals surface area (Å²) in [5.74, 6) is -0.188. The van der Waals surface area contributed by atoms with Gasteiger partial charge in [-0.05, 0) is 48.9 Å². The van der Waals surface area contributed by atoms with Crippen LogP contribution < -0.4 is 5.32 Å². The second-order valence-electron chi connectivity index (χ2n) is 7.14. The van der Waals surface area contributed by atoms with E-state index in [1.807, 2.05) is 31.2 Å². The largest absolute Gasteiger partial charge is 0.378 e. The lowest BCUT2D eigenvalue weighted by atomic mass is 10.1. The molecule has 2 heterocycles. The van der Waals surface area contributed by atoms with E-state index in [2.05, 4.69) is 10.3 Å². The quantitative estimate of drug-likeness (QED) is 0.686. The topological polar surface area (TPSA) is 74.4 Å². The van der Waals surface area contributed by atoms with Gasteiger partial charge in [0.1, 0.15) is 5.69 Å². The Morgan fingerprint density at radius 2 is 1.83 bits per heavy atom. The first-order valence-electron chi connectivity index (χ1n) is 9.57. The van der Waals surface area contributed by atoms with Crippen LogP contribution in [0.2, 0.25) is 5.02 Å². The molecule has 1 saturated heterocycles. The predicted molar refractivity (Wildman–Crippen MR) is 112 cm³/mol. The van der Waals surface area contributed by atoms with Crippen molar-refractivity contribution in [3.63, 3.8) is 0 Å². The van der Waals surface area contributed by atoms with Crippen LogP contribution in [-0.2, 0) is 4.74 Å². The van der Waals surface area contributed by atoms with Gasteiger partial charge >= 0.3 is 0 Å². The summed E-state index contributed by atoms with van der Waals surface area (Å²) in [7, 11) is 0. The fraction of sp³-hybridized carbons (Fsp3) is 0.273. The van der Waals surface area contributed by atoms with Crippen molar-refractivity contribution in [2.45, 2.75) is 13.0 Å². The Morgan fingerprint density at radius 1 is 1.10 bits per heavy atom. The van der Waals surface area contributed by atoms with Gasteiger partial charge in [-0.2, -0.15) is 0 Å². The average Bonchev–Trinajstić information content (AvgIpc) is 3.17. The number of fused-ring (bicyclic) bond motifs is 1. The molecule has 1 aliphatic heterocycles. The Hall–Kier alpha value is -2.83. The summed E-state index contributed by atoms with van der Waals surface area (Å²) in [6.45, 7) is 4.29. The third-order valence-electron chi connectivity index (χ3n) is 5.13. The van der Waals surface area contributed by atoms with Gasteiger partial charge in [-0.1, -0.05) is 23.7 Å². The van der Waals surface area contributed by atoms with E-state index in [0.717, 1.165) is 16.5 Å². The molecule has 0 spiro atoms. The third kappa shape index (κ3) is 4.28. The molecular weight excluding hydrogens is 390 g/mol. The van der Waals surface area contributed by atoms with Crippen LogP contribution >= 0.6 is 11.6 Å². The number of carbonyl (C=O) groups excluding carboxylic acids is 2. The van der Waals surface area contributed by atoms with Gasteiger partial charge < -0.3 is 19.9 Å². The Balaban J connectivity index is 1.42. The van der Waals surface area contributed by atoms with E-state index < -0.39 is 0 Å². The maximum atomic E-state index is 12.6. The number of aromatic amines is 1. The zero-order chi connectivity index (χ0) is 20.4. The maximum absolute atomic E-state index is 12.6. The molecule has 1 aromatic heterocycles. The van der Waals surface area contributed by atoms with Crippen LogP contribution in [0.25, 0.3) is 10.9 Å². The molecule has 0 bridgehead atoms. The number of carbonyl (C=O) groups is 2. The molecule has 2 N–H and O–H groups in total. The number of ether oxygens (including phenoxy) is 1. The van der Waals surface area contributed by atoms with Crippen LogP contribution in [0.1, 0.15) is 39.4 Å². The lowest BCUT2D eigenvalue weighted by Gasteiger charge is -2.27. The van der Waals surface area contributed by atoms with Gasteiger partial charge in [0.15, 0.2) is 0 Å². The minimum atomic E-state index is -0.204. The summed E-state index contributed by atoms with van der Waals surface area (Å²) in [5.41, 5.74) is 2.91. The number of hydrogen-bond acceptors (Lipinski definition) is 3. The van der Waals surface area contributed by atoms with Crippen LogP contribution in [0.5, 0.6) is 0 Å². The van der Waals surface area contributed by atoms with Crippen molar-refractivity contribution in [2.24, 2.45) is 0 Å². The summed E-state index contributed by atoms with van der Waals surface area (Å²) >= 11 is 6.01. The summed E-state index contributed by atoms with van der Waals surface area (Å²) in [6.07, 6.45) is 0. The first-order chi connectivity index (χ1) is 14.0. The summed E-state index contributed by atoms with van der Waals surface area (Å²) in [4.78, 5) is 30.1. The van der Waals surface area contributed by atoms with Gasteiger partial charge in [-0.25, -0.2) is 0 Å². The monoisotopic (exact) mass is 411 g/mol. The van der Waals surface area contributed by atoms with Crippen molar-refractivity contribution < 1.29 is 14.3 Å². The molecule has 1 aliphatic rings. The SMILES string of the molecule is CC(NC(=O)c1cc2cc(Cl)ccc2[nH]1)c1ccc(C(=O)N2CCOCC2)cc1. The van der Waals surface area contributed by atoms with E-state index in [0.29, 0.717) is 42.6 Å². The Morgan fingerprint density at radius 3 is 2.55 bits per heavy atom. The molecule has 4 rings (SSSR count). The van der Waals surface area contributed by atoms with Crippen LogP contribution in [0.4, 0.5) is 0 Å². The zero-order valence-corrected chi connectivity index (χ0v) is 16.8. The zero-order valence-electron chi connectivity index (χ0n) is 16.1. The van der Waals surface area contributed by atoms with E-state index in [4.69, 9.17) is 16.3 Å².